The lowest BCUT2D eigenvalue weighted by atomic mass is 9.86. The minimum atomic E-state index is -0.279. The van der Waals surface area contributed by atoms with E-state index >= 15 is 0 Å². The Morgan fingerprint density at radius 2 is 1.72 bits per heavy atom. The summed E-state index contributed by atoms with van der Waals surface area (Å²) in [6.45, 7) is 12.5. The van der Waals surface area contributed by atoms with Crippen molar-refractivity contribution in [3.8, 4) is 0 Å². The van der Waals surface area contributed by atoms with Crippen molar-refractivity contribution < 1.29 is 9.31 Å². The summed E-state index contributed by atoms with van der Waals surface area (Å²) in [4.78, 5) is 4.60. The van der Waals surface area contributed by atoms with Crippen LogP contribution in [0.25, 0.3) is 0 Å². The van der Waals surface area contributed by atoms with Gasteiger partial charge in [0.1, 0.15) is 0 Å². The van der Waals surface area contributed by atoms with Crippen LogP contribution in [0.2, 0.25) is 0 Å². The van der Waals surface area contributed by atoms with Crippen LogP contribution in [0.5, 0.6) is 0 Å². The first kappa shape index (κ1) is 14.0. The Morgan fingerprint density at radius 1 is 1.17 bits per heavy atom. The molecule has 2 heterocycles. The summed E-state index contributed by atoms with van der Waals surface area (Å²) in [6, 6.07) is 0. The molecule has 0 bridgehead atoms. The van der Waals surface area contributed by atoms with E-state index in [1.807, 2.05) is 6.92 Å². The molecule has 100 valence electrons. The predicted molar refractivity (Wildman–Crippen MR) is 76.6 cm³/mol. The summed E-state index contributed by atoms with van der Waals surface area (Å²) in [6.07, 6.45) is 2.15. The maximum Gasteiger partial charge on any atom is 0.507 e. The number of nitrogens with zero attached hydrogens (tertiary/aromatic N) is 1. The number of aryl methyl sites for hydroxylation is 2. The van der Waals surface area contributed by atoms with Crippen molar-refractivity contribution in [3.05, 3.63) is 10.7 Å². The standard InChI is InChI=1S/C13H22BNO2S/c1-7-8-10-15-9(2)11(18-10)14-16-12(3,4)13(5,6)17-14/h7-8H2,1-6H3. The van der Waals surface area contributed by atoms with E-state index in [0.717, 1.165) is 23.3 Å². The van der Waals surface area contributed by atoms with Crippen LogP contribution in [0.1, 0.15) is 51.7 Å². The average Bonchev–Trinajstić information content (AvgIpc) is 2.66. The molecule has 0 aromatic carbocycles. The van der Waals surface area contributed by atoms with Gasteiger partial charge in [-0.1, -0.05) is 6.92 Å². The Labute approximate surface area is 114 Å². The topological polar surface area (TPSA) is 31.4 Å². The Kier molecular flexibility index (Phi) is 3.60. The third kappa shape index (κ3) is 2.36. The summed E-state index contributed by atoms with van der Waals surface area (Å²) in [5, 5.41) is 1.18. The number of rotatable bonds is 3. The Hall–Kier alpha value is -0.385. The van der Waals surface area contributed by atoms with E-state index in [4.69, 9.17) is 9.31 Å². The minimum absolute atomic E-state index is 0.266. The maximum atomic E-state index is 6.07. The Morgan fingerprint density at radius 3 is 2.22 bits per heavy atom. The van der Waals surface area contributed by atoms with E-state index in [2.05, 4.69) is 39.6 Å². The summed E-state index contributed by atoms with van der Waals surface area (Å²) in [5.41, 5.74) is 0.486. The smallest absolute Gasteiger partial charge is 0.399 e. The third-order valence-electron chi connectivity index (χ3n) is 3.81. The van der Waals surface area contributed by atoms with Crippen LogP contribution in [0.4, 0.5) is 0 Å². The fraction of sp³-hybridized carbons (Fsp3) is 0.769. The molecule has 2 rings (SSSR count). The summed E-state index contributed by atoms with van der Waals surface area (Å²) >= 11 is 1.72. The average molecular weight is 267 g/mol. The number of hydrogen-bond acceptors (Lipinski definition) is 4. The van der Waals surface area contributed by atoms with Gasteiger partial charge in [-0.05, 0) is 47.5 Å². The predicted octanol–water partition coefficient (Wildman–Crippen LogP) is 2.70. The van der Waals surface area contributed by atoms with Crippen molar-refractivity contribution in [3.63, 3.8) is 0 Å². The first-order valence-electron chi connectivity index (χ1n) is 6.58. The van der Waals surface area contributed by atoms with Gasteiger partial charge in [0.15, 0.2) is 0 Å². The van der Waals surface area contributed by atoms with Gasteiger partial charge in [0, 0.05) is 5.69 Å². The second-order valence-electron chi connectivity index (χ2n) is 5.90. The molecular weight excluding hydrogens is 245 g/mol. The molecule has 0 radical (unpaired) electrons. The normalized spacial score (nSPS) is 21.6. The monoisotopic (exact) mass is 267 g/mol. The number of thiazole rings is 1. The largest absolute Gasteiger partial charge is 0.507 e. The van der Waals surface area contributed by atoms with Crippen LogP contribution in [0.15, 0.2) is 0 Å². The second-order valence-corrected chi connectivity index (χ2v) is 7.01. The van der Waals surface area contributed by atoms with Gasteiger partial charge in [0.05, 0.1) is 21.0 Å². The quantitative estimate of drug-likeness (QED) is 0.789. The van der Waals surface area contributed by atoms with Crippen molar-refractivity contribution >= 4 is 23.2 Å². The van der Waals surface area contributed by atoms with Crippen LogP contribution in [-0.4, -0.2) is 23.3 Å². The summed E-state index contributed by atoms with van der Waals surface area (Å²) in [7, 11) is -0.266. The van der Waals surface area contributed by atoms with Gasteiger partial charge in [-0.25, -0.2) is 4.98 Å². The molecule has 18 heavy (non-hydrogen) atoms. The zero-order valence-electron chi connectivity index (χ0n) is 12.2. The molecule has 0 amide bonds. The molecule has 1 aromatic rings. The molecule has 0 aliphatic carbocycles. The molecule has 0 saturated carbocycles. The highest BCUT2D eigenvalue weighted by molar-refractivity contribution is 7.22. The third-order valence-corrected chi connectivity index (χ3v) is 5.05. The lowest BCUT2D eigenvalue weighted by Gasteiger charge is -2.32. The van der Waals surface area contributed by atoms with E-state index in [-0.39, 0.29) is 18.3 Å². The fourth-order valence-electron chi connectivity index (χ4n) is 1.96. The van der Waals surface area contributed by atoms with Crippen LogP contribution < -0.4 is 4.78 Å². The molecule has 5 heteroatoms. The molecule has 0 atom stereocenters. The molecule has 0 spiro atoms. The molecule has 3 nitrogen and oxygen atoms in total. The SMILES string of the molecule is CCCc1nc(C)c(B2OC(C)(C)C(C)(C)O2)s1. The molecule has 1 aromatic heterocycles. The first-order valence-corrected chi connectivity index (χ1v) is 7.40. The molecule has 1 aliphatic rings. The summed E-state index contributed by atoms with van der Waals surface area (Å²) in [5.74, 6) is 0. The lowest BCUT2D eigenvalue weighted by Crippen LogP contribution is -2.41. The van der Waals surface area contributed by atoms with Gasteiger partial charge < -0.3 is 9.31 Å². The van der Waals surface area contributed by atoms with Gasteiger partial charge >= 0.3 is 7.12 Å². The molecule has 1 aliphatic heterocycles. The van der Waals surface area contributed by atoms with Gasteiger partial charge in [-0.3, -0.25) is 0 Å². The maximum absolute atomic E-state index is 6.07. The minimum Gasteiger partial charge on any atom is -0.399 e. The van der Waals surface area contributed by atoms with Crippen molar-refractivity contribution in [2.75, 3.05) is 0 Å². The number of hydrogen-bond donors (Lipinski definition) is 0. The highest BCUT2D eigenvalue weighted by Gasteiger charge is 2.52. The molecule has 1 saturated heterocycles. The van der Waals surface area contributed by atoms with E-state index in [1.54, 1.807) is 11.3 Å². The van der Waals surface area contributed by atoms with Gasteiger partial charge in [0.2, 0.25) is 0 Å². The zero-order valence-corrected chi connectivity index (χ0v) is 13.0. The number of aromatic nitrogens is 1. The van der Waals surface area contributed by atoms with Gasteiger partial charge in [-0.2, -0.15) is 0 Å². The first-order chi connectivity index (χ1) is 8.27. The fourth-order valence-corrected chi connectivity index (χ4v) is 3.08. The zero-order chi connectivity index (χ0) is 13.6. The lowest BCUT2D eigenvalue weighted by molar-refractivity contribution is 0.00578. The van der Waals surface area contributed by atoms with Crippen LogP contribution in [0.3, 0.4) is 0 Å². The summed E-state index contributed by atoms with van der Waals surface area (Å²) < 4.78 is 13.3. The Balaban J connectivity index is 2.24. The van der Waals surface area contributed by atoms with Gasteiger partial charge in [0.25, 0.3) is 0 Å². The molecular formula is C13H22BNO2S. The van der Waals surface area contributed by atoms with Crippen LogP contribution >= 0.6 is 11.3 Å². The van der Waals surface area contributed by atoms with Crippen molar-refractivity contribution in [1.82, 2.24) is 4.98 Å². The Bertz CT molecular complexity index is 426. The second kappa shape index (κ2) is 4.62. The van der Waals surface area contributed by atoms with Crippen LogP contribution in [0, 0.1) is 6.92 Å². The van der Waals surface area contributed by atoms with Gasteiger partial charge in [-0.15, -0.1) is 11.3 Å². The van der Waals surface area contributed by atoms with Crippen LogP contribution in [-0.2, 0) is 15.7 Å². The van der Waals surface area contributed by atoms with Crippen molar-refractivity contribution in [1.29, 1.82) is 0 Å². The van der Waals surface area contributed by atoms with Crippen molar-refractivity contribution in [2.45, 2.75) is 65.6 Å². The highest BCUT2D eigenvalue weighted by atomic mass is 32.1. The highest BCUT2D eigenvalue weighted by Crippen LogP contribution is 2.37. The molecule has 0 unspecified atom stereocenters. The molecule has 1 fully saturated rings. The van der Waals surface area contributed by atoms with E-state index in [0.29, 0.717) is 0 Å². The van der Waals surface area contributed by atoms with E-state index < -0.39 is 0 Å². The van der Waals surface area contributed by atoms with E-state index in [1.165, 1.54) is 5.01 Å². The van der Waals surface area contributed by atoms with Crippen molar-refractivity contribution in [2.24, 2.45) is 0 Å². The van der Waals surface area contributed by atoms with E-state index in [9.17, 15) is 0 Å². The molecule has 0 N–H and O–H groups in total.